The molecule has 0 amide bonds. The molecule has 10 aliphatic heterocycles. The van der Waals surface area contributed by atoms with Gasteiger partial charge in [-0.2, -0.15) is 0 Å². The van der Waals surface area contributed by atoms with E-state index in [1.165, 1.54) is 38.5 Å². The summed E-state index contributed by atoms with van der Waals surface area (Å²) >= 11 is 11.9. The third kappa shape index (κ3) is 8.78. The Labute approximate surface area is 269 Å². The maximum Gasteiger partial charge on any atom is 2.00 e. The van der Waals surface area contributed by atoms with Gasteiger partial charge in [-0.25, -0.2) is 0 Å². The average Bonchev–Trinajstić information content (AvgIpc) is 2.90. The van der Waals surface area contributed by atoms with Crippen molar-refractivity contribution < 1.29 is 36.9 Å². The van der Waals surface area contributed by atoms with Crippen molar-refractivity contribution in [3.63, 3.8) is 0 Å². The van der Waals surface area contributed by atoms with Crippen molar-refractivity contribution in [3.8, 4) is 0 Å². The maximum absolute atomic E-state index is 11.2. The molecule has 0 aliphatic carbocycles. The van der Waals surface area contributed by atoms with Crippen molar-refractivity contribution >= 4 is 82.5 Å². The normalized spacial score (nSPS) is 42.4. The van der Waals surface area contributed by atoms with E-state index in [-0.39, 0.29) is 27.9 Å². The molecule has 6 nitrogen and oxygen atoms in total. The van der Waals surface area contributed by atoms with Gasteiger partial charge in [0.2, 0.25) is 0 Å². The molecule has 0 aromatic carbocycles. The van der Waals surface area contributed by atoms with Gasteiger partial charge in [0.15, 0.2) is 0 Å². The number of carboxylic acids is 2. The summed E-state index contributed by atoms with van der Waals surface area (Å²) in [5.74, 6) is -1.10. The van der Waals surface area contributed by atoms with Crippen LogP contribution in [0.4, 0.5) is 0 Å². The van der Waals surface area contributed by atoms with Crippen molar-refractivity contribution in [1.29, 1.82) is 0 Å². The summed E-state index contributed by atoms with van der Waals surface area (Å²) in [6.07, 6.45) is 13.5. The monoisotopic (exact) mass is 699 g/mol. The van der Waals surface area contributed by atoms with Gasteiger partial charge in [-0.3, -0.25) is 9.59 Å². The molecule has 0 aromatic heterocycles. The van der Waals surface area contributed by atoms with Crippen molar-refractivity contribution in [2.75, 3.05) is 26.2 Å². The molecule has 10 fully saturated rings. The molecule has 2 N–H and O–H groups in total. The molecule has 10 rings (SSSR count). The van der Waals surface area contributed by atoms with E-state index in [0.717, 1.165) is 64.7 Å². The molecule has 8 bridgehead atoms. The van der Waals surface area contributed by atoms with Gasteiger partial charge in [0, 0.05) is 0 Å². The minimum Gasteiger partial charge on any atom is -0.662 e. The Morgan fingerprint density at radius 1 is 0.487 bits per heavy atom. The second kappa shape index (κ2) is 15.5. The summed E-state index contributed by atoms with van der Waals surface area (Å²) in [4.78, 5) is 22.5. The fraction of sp³-hybridized carbons (Fsp3) is 0.923. The standard InChI is InChI=1S/2C8H10O2S3.2C5H10N.Cu/c2*9-7(10)8-1-4-11-5(2-8)13-6(3-8)12-4;2*1-2-4-6-5-3-1;/h2*4-6H,1-3H2,(H,9,10);2*1-5H2;/q;;2*-1;+2. The number of hydrogen-bond donors (Lipinski definition) is 2. The quantitative estimate of drug-likeness (QED) is 0.276. The SMILES string of the molecule is C1CC[N-]CC1.C1CC[N-]CC1.O=C(O)C12CC3SC(C1)SC(C2)S3.O=C(O)C12CC3SC(C1)SC(C2)S3.[Cu+2]. The van der Waals surface area contributed by atoms with E-state index in [0.29, 0.717) is 27.5 Å². The van der Waals surface area contributed by atoms with Crippen LogP contribution in [0.5, 0.6) is 0 Å². The fourth-order valence-electron chi connectivity index (χ4n) is 6.20. The van der Waals surface area contributed by atoms with Crippen LogP contribution in [0.15, 0.2) is 0 Å². The van der Waals surface area contributed by atoms with Gasteiger partial charge in [-0.15, -0.1) is 96.8 Å². The maximum atomic E-state index is 11.2. The smallest absolute Gasteiger partial charge is 0.662 e. The van der Waals surface area contributed by atoms with Crippen LogP contribution in [0.1, 0.15) is 77.0 Å². The van der Waals surface area contributed by atoms with Crippen LogP contribution in [0, 0.1) is 10.8 Å². The van der Waals surface area contributed by atoms with Crippen molar-refractivity contribution in [2.24, 2.45) is 10.8 Å². The largest absolute Gasteiger partial charge is 2.00 e. The summed E-state index contributed by atoms with van der Waals surface area (Å²) < 4.78 is 3.39. The van der Waals surface area contributed by atoms with Crippen LogP contribution in [0.25, 0.3) is 10.6 Å². The summed E-state index contributed by atoms with van der Waals surface area (Å²) in [6.45, 7) is 4.50. The zero-order chi connectivity index (χ0) is 26.6. The van der Waals surface area contributed by atoms with Crippen molar-refractivity contribution in [2.45, 2.75) is 105 Å². The van der Waals surface area contributed by atoms with E-state index in [1.54, 1.807) is 0 Å². The van der Waals surface area contributed by atoms with Gasteiger partial charge in [-0.05, 0) is 38.5 Å². The van der Waals surface area contributed by atoms with E-state index in [9.17, 15) is 19.8 Å². The van der Waals surface area contributed by atoms with E-state index >= 15 is 0 Å². The molecule has 1 radical (unpaired) electrons. The van der Waals surface area contributed by atoms with Crippen LogP contribution in [0.2, 0.25) is 0 Å². The molecular formula is C26H40CuN2O4S6. The van der Waals surface area contributed by atoms with Crippen LogP contribution in [-0.2, 0) is 26.7 Å². The molecule has 10 aliphatic rings. The second-order valence-electron chi connectivity index (χ2n) is 11.3. The Bertz CT molecular complexity index is 673. The Balaban J connectivity index is 0.000000127. The van der Waals surface area contributed by atoms with Gasteiger partial charge < -0.3 is 20.8 Å². The van der Waals surface area contributed by atoms with Gasteiger partial charge >= 0.3 is 29.0 Å². The van der Waals surface area contributed by atoms with Crippen LogP contribution >= 0.6 is 70.6 Å². The summed E-state index contributed by atoms with van der Waals surface area (Å²) in [5.41, 5.74) is -0.691. The average molecular weight is 701 g/mol. The minimum atomic E-state index is -0.548. The third-order valence-electron chi connectivity index (χ3n) is 8.34. The third-order valence-corrected chi connectivity index (χ3v) is 18.0. The van der Waals surface area contributed by atoms with Crippen molar-refractivity contribution in [3.05, 3.63) is 10.6 Å². The number of piperidine rings is 2. The summed E-state index contributed by atoms with van der Waals surface area (Å²) in [5, 5.41) is 26.9. The summed E-state index contributed by atoms with van der Waals surface area (Å²) in [7, 11) is 0. The zero-order valence-electron chi connectivity index (χ0n) is 22.1. The number of aliphatic carboxylic acids is 2. The number of carboxylic acid groups (broad SMARTS) is 2. The molecule has 10 heterocycles. The van der Waals surface area contributed by atoms with Crippen LogP contribution in [-0.4, -0.2) is 75.8 Å². The first-order valence-electron chi connectivity index (χ1n) is 14.0. The Morgan fingerprint density at radius 2 is 0.718 bits per heavy atom. The van der Waals surface area contributed by atoms with Gasteiger partial charge in [0.1, 0.15) is 0 Å². The summed E-state index contributed by atoms with van der Waals surface area (Å²) in [6, 6.07) is 0. The molecule has 0 unspecified atom stereocenters. The van der Waals surface area contributed by atoms with E-state index in [1.807, 2.05) is 70.6 Å². The topological polar surface area (TPSA) is 103 Å². The van der Waals surface area contributed by atoms with E-state index in [2.05, 4.69) is 10.6 Å². The minimum absolute atomic E-state index is 0. The number of carbonyl (C=O) groups is 2. The molecule has 0 aromatic rings. The van der Waals surface area contributed by atoms with E-state index < -0.39 is 11.9 Å². The number of rotatable bonds is 2. The number of thioether (sulfide) groups is 6. The van der Waals surface area contributed by atoms with E-state index in [4.69, 9.17) is 0 Å². The predicted molar refractivity (Wildman–Crippen MR) is 170 cm³/mol. The van der Waals surface area contributed by atoms with Gasteiger partial charge in [0.05, 0.1) is 38.3 Å². The number of hydrogen-bond acceptors (Lipinski definition) is 8. The first-order chi connectivity index (χ1) is 18.4. The molecule has 13 heteroatoms. The molecule has 0 saturated carbocycles. The van der Waals surface area contributed by atoms with Crippen molar-refractivity contribution in [1.82, 2.24) is 0 Å². The first-order valence-corrected chi connectivity index (χ1v) is 19.7. The Hall–Kier alpha value is 1.48. The zero-order valence-corrected chi connectivity index (χ0v) is 28.0. The number of nitrogens with zero attached hydrogens (tertiary/aromatic N) is 2. The molecule has 10 saturated heterocycles. The molecular weight excluding hydrogens is 660 g/mol. The van der Waals surface area contributed by atoms with Crippen LogP contribution in [0.3, 0.4) is 0 Å². The van der Waals surface area contributed by atoms with Gasteiger partial charge in [0.25, 0.3) is 0 Å². The van der Waals surface area contributed by atoms with Crippen LogP contribution < -0.4 is 0 Å². The predicted octanol–water partition coefficient (Wildman–Crippen LogP) is 7.98. The Kier molecular flexibility index (Phi) is 13.2. The molecule has 0 spiro atoms. The molecule has 0 atom stereocenters. The Morgan fingerprint density at radius 3 is 0.846 bits per heavy atom. The second-order valence-corrected chi connectivity index (χ2v) is 21.5. The molecule has 225 valence electrons. The molecule has 39 heavy (non-hydrogen) atoms. The first kappa shape index (κ1) is 33.4. The fourth-order valence-corrected chi connectivity index (χ4v) is 20.8. The van der Waals surface area contributed by atoms with Gasteiger partial charge in [-0.1, -0.05) is 38.5 Å².